The van der Waals surface area contributed by atoms with Crippen LogP contribution in [0.2, 0.25) is 0 Å². The third kappa shape index (κ3) is 4.53. The Hall–Kier alpha value is -3.15. The molecule has 1 N–H and O–H groups in total. The van der Waals surface area contributed by atoms with Gasteiger partial charge in [-0.2, -0.15) is 0 Å². The zero-order valence-corrected chi connectivity index (χ0v) is 15.6. The molecular formula is C21H23N3O3. The van der Waals surface area contributed by atoms with E-state index >= 15 is 0 Å². The van der Waals surface area contributed by atoms with E-state index in [1.165, 1.54) is 4.90 Å². The van der Waals surface area contributed by atoms with Gasteiger partial charge in [0.15, 0.2) is 0 Å². The summed E-state index contributed by atoms with van der Waals surface area (Å²) in [5, 5.41) is 2.78. The third-order valence-corrected chi connectivity index (χ3v) is 4.56. The first-order valence-electron chi connectivity index (χ1n) is 8.96. The van der Waals surface area contributed by atoms with Crippen molar-refractivity contribution >= 4 is 29.1 Å². The van der Waals surface area contributed by atoms with Crippen LogP contribution in [0.3, 0.4) is 0 Å². The monoisotopic (exact) mass is 365 g/mol. The molecule has 6 nitrogen and oxygen atoms in total. The first kappa shape index (κ1) is 18.6. The van der Waals surface area contributed by atoms with Gasteiger partial charge in [-0.25, -0.2) is 0 Å². The van der Waals surface area contributed by atoms with Gasteiger partial charge in [0.1, 0.15) is 0 Å². The molecule has 2 aromatic rings. The second-order valence-corrected chi connectivity index (χ2v) is 6.77. The van der Waals surface area contributed by atoms with E-state index in [1.807, 2.05) is 31.2 Å². The molecule has 1 fully saturated rings. The molecular weight excluding hydrogens is 342 g/mol. The fraction of sp³-hybridized carbons (Fsp3) is 0.286. The van der Waals surface area contributed by atoms with Crippen LogP contribution in [0.5, 0.6) is 0 Å². The van der Waals surface area contributed by atoms with Crippen LogP contribution in [0.25, 0.3) is 0 Å². The molecule has 0 atom stereocenters. The SMILES string of the molecule is Cc1ccc(NC(=O)CN(C)C(=O)c2ccc(N3CCCC3=O)cc2)cc1. The summed E-state index contributed by atoms with van der Waals surface area (Å²) in [5.74, 6) is -0.388. The number of nitrogens with zero attached hydrogens (tertiary/aromatic N) is 2. The highest BCUT2D eigenvalue weighted by atomic mass is 16.2. The average molecular weight is 365 g/mol. The molecule has 1 saturated heterocycles. The molecule has 3 rings (SSSR count). The average Bonchev–Trinajstić information content (AvgIpc) is 3.09. The van der Waals surface area contributed by atoms with Crippen LogP contribution in [0.15, 0.2) is 48.5 Å². The Morgan fingerprint density at radius 3 is 2.33 bits per heavy atom. The summed E-state index contributed by atoms with van der Waals surface area (Å²) >= 11 is 0. The minimum absolute atomic E-state index is 0.0426. The fourth-order valence-electron chi connectivity index (χ4n) is 3.05. The van der Waals surface area contributed by atoms with Crippen LogP contribution in [0, 0.1) is 6.92 Å². The highest BCUT2D eigenvalue weighted by molar-refractivity contribution is 6.00. The summed E-state index contributed by atoms with van der Waals surface area (Å²) in [7, 11) is 1.59. The third-order valence-electron chi connectivity index (χ3n) is 4.56. The van der Waals surface area contributed by atoms with E-state index in [1.54, 1.807) is 36.2 Å². The topological polar surface area (TPSA) is 69.7 Å². The molecule has 140 valence electrons. The Morgan fingerprint density at radius 2 is 1.74 bits per heavy atom. The Kier molecular flexibility index (Phi) is 5.54. The lowest BCUT2D eigenvalue weighted by atomic mass is 10.1. The van der Waals surface area contributed by atoms with Gasteiger partial charge in [0.2, 0.25) is 11.8 Å². The molecule has 0 spiro atoms. The number of amides is 3. The molecule has 27 heavy (non-hydrogen) atoms. The second kappa shape index (κ2) is 8.03. The molecule has 0 aliphatic carbocycles. The van der Waals surface area contributed by atoms with Crippen molar-refractivity contribution in [1.29, 1.82) is 0 Å². The number of hydrogen-bond acceptors (Lipinski definition) is 3. The maximum atomic E-state index is 12.5. The van der Waals surface area contributed by atoms with Crippen LogP contribution in [0.1, 0.15) is 28.8 Å². The zero-order valence-electron chi connectivity index (χ0n) is 15.6. The molecule has 1 heterocycles. The standard InChI is InChI=1S/C21H23N3O3/c1-15-5-9-17(10-6-15)22-19(25)14-23(2)21(27)16-7-11-18(12-8-16)24-13-3-4-20(24)26/h5-12H,3-4,13-14H2,1-2H3,(H,22,25). The van der Waals surface area contributed by atoms with Crippen LogP contribution in [-0.4, -0.2) is 42.8 Å². The number of carbonyl (C=O) groups excluding carboxylic acids is 3. The van der Waals surface area contributed by atoms with E-state index in [2.05, 4.69) is 5.32 Å². The molecule has 6 heteroatoms. The predicted octanol–water partition coefficient (Wildman–Crippen LogP) is 2.83. The molecule has 1 aliphatic heterocycles. The van der Waals surface area contributed by atoms with Crippen molar-refractivity contribution in [1.82, 2.24) is 4.90 Å². The molecule has 0 aromatic heterocycles. The number of aryl methyl sites for hydroxylation is 1. The number of carbonyl (C=O) groups is 3. The van der Waals surface area contributed by atoms with Gasteiger partial charge in [0.25, 0.3) is 5.91 Å². The van der Waals surface area contributed by atoms with Crippen LogP contribution in [-0.2, 0) is 9.59 Å². The van der Waals surface area contributed by atoms with Gasteiger partial charge < -0.3 is 15.1 Å². The van der Waals surface area contributed by atoms with Crippen molar-refractivity contribution in [3.63, 3.8) is 0 Å². The van der Waals surface area contributed by atoms with E-state index in [-0.39, 0.29) is 24.3 Å². The highest BCUT2D eigenvalue weighted by Gasteiger charge is 2.22. The van der Waals surface area contributed by atoms with E-state index in [4.69, 9.17) is 0 Å². The molecule has 0 unspecified atom stereocenters. The van der Waals surface area contributed by atoms with Crippen molar-refractivity contribution in [2.24, 2.45) is 0 Å². The van der Waals surface area contributed by atoms with Crippen molar-refractivity contribution in [2.45, 2.75) is 19.8 Å². The Balaban J connectivity index is 1.58. The zero-order chi connectivity index (χ0) is 19.4. The lowest BCUT2D eigenvalue weighted by Gasteiger charge is -2.19. The van der Waals surface area contributed by atoms with E-state index in [9.17, 15) is 14.4 Å². The van der Waals surface area contributed by atoms with E-state index in [0.29, 0.717) is 24.2 Å². The second-order valence-electron chi connectivity index (χ2n) is 6.77. The van der Waals surface area contributed by atoms with Crippen molar-refractivity contribution in [3.05, 3.63) is 59.7 Å². The van der Waals surface area contributed by atoms with Crippen molar-refractivity contribution in [3.8, 4) is 0 Å². The molecule has 3 amide bonds. The van der Waals surface area contributed by atoms with Crippen LogP contribution < -0.4 is 10.2 Å². The normalized spacial score (nSPS) is 13.6. The first-order valence-corrected chi connectivity index (χ1v) is 8.96. The molecule has 0 bridgehead atoms. The lowest BCUT2D eigenvalue weighted by Crippen LogP contribution is -2.35. The minimum atomic E-state index is -0.256. The van der Waals surface area contributed by atoms with Gasteiger partial charge in [-0.05, 0) is 49.7 Å². The summed E-state index contributed by atoms with van der Waals surface area (Å²) in [4.78, 5) is 39.6. The summed E-state index contributed by atoms with van der Waals surface area (Å²) in [5.41, 5.74) is 3.09. The predicted molar refractivity (Wildman–Crippen MR) is 105 cm³/mol. The van der Waals surface area contributed by atoms with Crippen LogP contribution in [0.4, 0.5) is 11.4 Å². The molecule has 0 saturated carbocycles. The van der Waals surface area contributed by atoms with Gasteiger partial charge in [-0.1, -0.05) is 17.7 Å². The number of likely N-dealkylation sites (N-methyl/N-ethyl adjacent to an activating group) is 1. The first-order chi connectivity index (χ1) is 12.9. The maximum Gasteiger partial charge on any atom is 0.254 e. The van der Waals surface area contributed by atoms with E-state index in [0.717, 1.165) is 17.7 Å². The number of hydrogen-bond donors (Lipinski definition) is 1. The van der Waals surface area contributed by atoms with Gasteiger partial charge in [0, 0.05) is 37.0 Å². The minimum Gasteiger partial charge on any atom is -0.332 e. The largest absolute Gasteiger partial charge is 0.332 e. The van der Waals surface area contributed by atoms with Gasteiger partial charge in [0.05, 0.1) is 6.54 Å². The lowest BCUT2D eigenvalue weighted by molar-refractivity contribution is -0.117. The Bertz CT molecular complexity index is 844. The van der Waals surface area contributed by atoms with E-state index < -0.39 is 0 Å². The molecule has 1 aliphatic rings. The summed E-state index contributed by atoms with van der Waals surface area (Å²) in [6.45, 7) is 2.65. The maximum absolute atomic E-state index is 12.5. The number of rotatable bonds is 5. The Labute approximate surface area is 158 Å². The smallest absolute Gasteiger partial charge is 0.254 e. The fourth-order valence-corrected chi connectivity index (χ4v) is 3.05. The Morgan fingerprint density at radius 1 is 1.07 bits per heavy atom. The summed E-state index contributed by atoms with van der Waals surface area (Å²) < 4.78 is 0. The summed E-state index contributed by atoms with van der Waals surface area (Å²) in [6, 6.07) is 14.4. The van der Waals surface area contributed by atoms with Gasteiger partial charge in [-0.3, -0.25) is 14.4 Å². The van der Waals surface area contributed by atoms with Gasteiger partial charge in [-0.15, -0.1) is 0 Å². The van der Waals surface area contributed by atoms with Crippen LogP contribution >= 0.6 is 0 Å². The summed E-state index contributed by atoms with van der Waals surface area (Å²) in [6.07, 6.45) is 1.43. The quantitative estimate of drug-likeness (QED) is 0.886. The van der Waals surface area contributed by atoms with Gasteiger partial charge >= 0.3 is 0 Å². The number of nitrogens with one attached hydrogen (secondary N) is 1. The number of anilines is 2. The number of benzene rings is 2. The highest BCUT2D eigenvalue weighted by Crippen LogP contribution is 2.22. The van der Waals surface area contributed by atoms with Crippen molar-refractivity contribution in [2.75, 3.05) is 30.4 Å². The molecule has 2 aromatic carbocycles. The molecule has 0 radical (unpaired) electrons. The van der Waals surface area contributed by atoms with Crippen molar-refractivity contribution < 1.29 is 14.4 Å².